The molecule has 0 spiro atoms. The molecule has 7 heteroatoms. The highest BCUT2D eigenvalue weighted by atomic mass is 32.2. The zero-order chi connectivity index (χ0) is 19.3. The normalized spacial score (nSPS) is 15.4. The summed E-state index contributed by atoms with van der Waals surface area (Å²) in [5.74, 6) is -0.467. The van der Waals surface area contributed by atoms with Gasteiger partial charge in [-0.2, -0.15) is 0 Å². The lowest BCUT2D eigenvalue weighted by Crippen LogP contribution is -2.35. The number of sulfone groups is 1. The topological polar surface area (TPSA) is 75.7 Å². The van der Waals surface area contributed by atoms with E-state index in [4.69, 9.17) is 4.74 Å². The maximum atomic E-state index is 13.1. The molecule has 1 fully saturated rings. The van der Waals surface area contributed by atoms with Gasteiger partial charge in [-0.3, -0.25) is 4.79 Å². The van der Waals surface area contributed by atoms with Gasteiger partial charge in [-0.25, -0.2) is 8.42 Å². The quantitative estimate of drug-likeness (QED) is 0.854. The van der Waals surface area contributed by atoms with E-state index in [1.165, 1.54) is 6.20 Å². The first-order valence-electron chi connectivity index (χ1n) is 8.68. The van der Waals surface area contributed by atoms with Crippen LogP contribution in [0, 0.1) is 6.92 Å². The Bertz CT molecular complexity index is 916. The Morgan fingerprint density at radius 1 is 1.04 bits per heavy atom. The van der Waals surface area contributed by atoms with Gasteiger partial charge in [0, 0.05) is 24.9 Å². The first-order valence-corrected chi connectivity index (χ1v) is 10.2. The van der Waals surface area contributed by atoms with Gasteiger partial charge in [0.1, 0.15) is 0 Å². The fraction of sp³-hybridized carbons (Fsp3) is 0.250. The molecule has 0 radical (unpaired) electrons. The smallest absolute Gasteiger partial charge is 0.256 e. The highest BCUT2D eigenvalue weighted by Crippen LogP contribution is 2.19. The Morgan fingerprint density at radius 2 is 1.67 bits per heavy atom. The lowest BCUT2D eigenvalue weighted by Gasteiger charge is -2.26. The van der Waals surface area contributed by atoms with Crippen LogP contribution in [0.2, 0.25) is 0 Å². The van der Waals surface area contributed by atoms with Crippen LogP contribution in [-0.2, 0) is 14.6 Å². The second kappa shape index (κ2) is 8.37. The molecule has 0 atom stereocenters. The summed E-state index contributed by atoms with van der Waals surface area (Å²) < 4.78 is 31.6. The minimum atomic E-state index is -3.87. The first-order chi connectivity index (χ1) is 13.0. The Morgan fingerprint density at radius 3 is 2.30 bits per heavy atom. The largest absolute Gasteiger partial charge is 0.378 e. The molecule has 1 aliphatic heterocycles. The van der Waals surface area contributed by atoms with Gasteiger partial charge in [-0.15, -0.1) is 0 Å². The zero-order valence-corrected chi connectivity index (χ0v) is 15.9. The highest BCUT2D eigenvalue weighted by Gasteiger charge is 2.24. The van der Waals surface area contributed by atoms with E-state index in [2.05, 4.69) is 5.32 Å². The minimum Gasteiger partial charge on any atom is -0.378 e. The summed E-state index contributed by atoms with van der Waals surface area (Å²) in [5.41, 5.74) is 1.35. The van der Waals surface area contributed by atoms with Crippen LogP contribution in [0.5, 0.6) is 0 Å². The predicted molar refractivity (Wildman–Crippen MR) is 103 cm³/mol. The molecule has 1 saturated heterocycles. The SMILES string of the molecule is Cc1ccc(S(=O)(=O)/C(=C\N2CCOCC2)NC(=O)c2ccccc2)cc1. The Balaban J connectivity index is 1.95. The van der Waals surface area contributed by atoms with E-state index in [0.29, 0.717) is 31.9 Å². The summed E-state index contributed by atoms with van der Waals surface area (Å²) in [6.45, 7) is 4.04. The number of aryl methyl sites for hydroxylation is 1. The van der Waals surface area contributed by atoms with Crippen molar-refractivity contribution < 1.29 is 17.9 Å². The molecular weight excluding hydrogens is 364 g/mol. The molecule has 1 amide bonds. The van der Waals surface area contributed by atoms with E-state index in [1.54, 1.807) is 54.6 Å². The molecule has 0 bridgehead atoms. The summed E-state index contributed by atoms with van der Waals surface area (Å²) in [4.78, 5) is 14.6. The molecule has 142 valence electrons. The van der Waals surface area contributed by atoms with Crippen molar-refractivity contribution in [2.24, 2.45) is 0 Å². The number of carbonyl (C=O) groups excluding carboxylic acids is 1. The summed E-state index contributed by atoms with van der Waals surface area (Å²) >= 11 is 0. The molecule has 0 aliphatic carbocycles. The maximum absolute atomic E-state index is 13.1. The van der Waals surface area contributed by atoms with E-state index >= 15 is 0 Å². The van der Waals surface area contributed by atoms with E-state index in [-0.39, 0.29) is 9.92 Å². The molecular formula is C20H22N2O4S. The average Bonchev–Trinajstić information content (AvgIpc) is 2.69. The van der Waals surface area contributed by atoms with Gasteiger partial charge in [-0.1, -0.05) is 35.9 Å². The Kier molecular flexibility index (Phi) is 5.93. The van der Waals surface area contributed by atoms with Crippen LogP contribution >= 0.6 is 0 Å². The van der Waals surface area contributed by atoms with Crippen molar-refractivity contribution in [1.29, 1.82) is 0 Å². The van der Waals surface area contributed by atoms with Crippen LogP contribution in [-0.4, -0.2) is 45.5 Å². The summed E-state index contributed by atoms with van der Waals surface area (Å²) in [7, 11) is -3.87. The molecule has 6 nitrogen and oxygen atoms in total. The molecule has 0 unspecified atom stereocenters. The molecule has 0 saturated carbocycles. The van der Waals surface area contributed by atoms with Crippen molar-refractivity contribution in [3.8, 4) is 0 Å². The van der Waals surface area contributed by atoms with Crippen LogP contribution in [0.15, 0.2) is 70.7 Å². The summed E-state index contributed by atoms with van der Waals surface area (Å²) in [6.07, 6.45) is 1.50. The minimum absolute atomic E-state index is 0.137. The number of nitrogens with zero attached hydrogens (tertiary/aromatic N) is 1. The average molecular weight is 386 g/mol. The van der Waals surface area contributed by atoms with Crippen LogP contribution in [0.25, 0.3) is 0 Å². The van der Waals surface area contributed by atoms with Crippen molar-refractivity contribution in [3.63, 3.8) is 0 Å². The first kappa shape index (κ1) is 19.1. The van der Waals surface area contributed by atoms with Gasteiger partial charge >= 0.3 is 0 Å². The van der Waals surface area contributed by atoms with E-state index in [0.717, 1.165) is 5.56 Å². The summed E-state index contributed by atoms with van der Waals surface area (Å²) in [6, 6.07) is 15.1. The van der Waals surface area contributed by atoms with Crippen molar-refractivity contribution >= 4 is 15.7 Å². The van der Waals surface area contributed by atoms with Crippen LogP contribution in [0.4, 0.5) is 0 Å². The molecule has 1 N–H and O–H groups in total. The van der Waals surface area contributed by atoms with Gasteiger partial charge in [0.2, 0.25) is 9.84 Å². The van der Waals surface area contributed by atoms with Gasteiger partial charge in [-0.05, 0) is 31.2 Å². The lowest BCUT2D eigenvalue weighted by molar-refractivity contribution is 0.0590. The zero-order valence-electron chi connectivity index (χ0n) is 15.1. The molecule has 27 heavy (non-hydrogen) atoms. The fourth-order valence-electron chi connectivity index (χ4n) is 2.66. The standard InChI is InChI=1S/C20H22N2O4S/c1-16-7-9-18(10-8-16)27(24,25)19(15-22-11-13-26-14-12-22)21-20(23)17-5-3-2-4-6-17/h2-10,15H,11-14H2,1H3,(H,21,23)/b19-15-. The van der Waals surface area contributed by atoms with E-state index in [9.17, 15) is 13.2 Å². The van der Waals surface area contributed by atoms with Gasteiger partial charge in [0.05, 0.1) is 18.1 Å². The number of rotatable bonds is 5. The van der Waals surface area contributed by atoms with Crippen molar-refractivity contribution in [2.45, 2.75) is 11.8 Å². The van der Waals surface area contributed by atoms with Crippen molar-refractivity contribution in [1.82, 2.24) is 10.2 Å². The van der Waals surface area contributed by atoms with Gasteiger partial charge in [0.25, 0.3) is 5.91 Å². The molecule has 0 aromatic heterocycles. The number of amides is 1. The Hall–Kier alpha value is -2.64. The number of carbonyl (C=O) groups is 1. The van der Waals surface area contributed by atoms with E-state index in [1.807, 2.05) is 11.8 Å². The van der Waals surface area contributed by atoms with Crippen LogP contribution in [0.1, 0.15) is 15.9 Å². The van der Waals surface area contributed by atoms with Gasteiger partial charge in [0.15, 0.2) is 5.03 Å². The number of benzene rings is 2. The predicted octanol–water partition coefficient (Wildman–Crippen LogP) is 2.33. The number of nitrogens with one attached hydrogen (secondary N) is 1. The summed E-state index contributed by atoms with van der Waals surface area (Å²) in [5, 5.41) is 2.45. The Labute approximate surface area is 159 Å². The van der Waals surface area contributed by atoms with Crippen molar-refractivity contribution in [3.05, 3.63) is 77.0 Å². The third kappa shape index (κ3) is 4.75. The highest BCUT2D eigenvalue weighted by molar-refractivity contribution is 7.95. The molecule has 3 rings (SSSR count). The van der Waals surface area contributed by atoms with Crippen LogP contribution < -0.4 is 5.32 Å². The van der Waals surface area contributed by atoms with E-state index < -0.39 is 15.7 Å². The third-order valence-electron chi connectivity index (χ3n) is 4.24. The molecule has 2 aromatic rings. The van der Waals surface area contributed by atoms with Crippen molar-refractivity contribution in [2.75, 3.05) is 26.3 Å². The number of hydrogen-bond donors (Lipinski definition) is 1. The lowest BCUT2D eigenvalue weighted by atomic mass is 10.2. The maximum Gasteiger partial charge on any atom is 0.256 e. The van der Waals surface area contributed by atoms with Crippen LogP contribution in [0.3, 0.4) is 0 Å². The number of hydrogen-bond acceptors (Lipinski definition) is 5. The third-order valence-corrected chi connectivity index (χ3v) is 5.92. The monoisotopic (exact) mass is 386 g/mol. The van der Waals surface area contributed by atoms with Gasteiger partial charge < -0.3 is 15.0 Å². The number of ether oxygens (including phenoxy) is 1. The number of morpholine rings is 1. The molecule has 1 heterocycles. The fourth-order valence-corrected chi connectivity index (χ4v) is 3.92. The molecule has 1 aliphatic rings. The second-order valence-electron chi connectivity index (χ2n) is 6.28. The second-order valence-corrected chi connectivity index (χ2v) is 8.20. The molecule has 2 aromatic carbocycles.